The molecule has 27 heavy (non-hydrogen) atoms. The largest absolute Gasteiger partial charge is 0.573 e. The Labute approximate surface area is 159 Å². The van der Waals surface area contributed by atoms with E-state index in [2.05, 4.69) is 4.74 Å². The van der Waals surface area contributed by atoms with Crippen LogP contribution in [0, 0.1) is 5.41 Å². The number of rotatable bonds is 5. The van der Waals surface area contributed by atoms with Gasteiger partial charge in [0.2, 0.25) is 0 Å². The second-order valence-electron chi connectivity index (χ2n) is 6.90. The fraction of sp³-hybridized carbons (Fsp3) is 0.368. The number of halogens is 4. The van der Waals surface area contributed by atoms with Gasteiger partial charge in [0, 0.05) is 18.1 Å². The summed E-state index contributed by atoms with van der Waals surface area (Å²) in [5.74, 6) is -0.386. The van der Waals surface area contributed by atoms with Crippen molar-refractivity contribution in [2.24, 2.45) is 5.41 Å². The fourth-order valence-corrected chi connectivity index (χ4v) is 4.01. The summed E-state index contributed by atoms with van der Waals surface area (Å²) in [6.45, 7) is 0.516. The lowest BCUT2D eigenvalue weighted by atomic mass is 9.61. The summed E-state index contributed by atoms with van der Waals surface area (Å²) in [7, 11) is 1.85. The first-order valence-corrected chi connectivity index (χ1v) is 8.62. The van der Waals surface area contributed by atoms with Gasteiger partial charge in [-0.1, -0.05) is 35.9 Å². The van der Waals surface area contributed by atoms with E-state index in [0.29, 0.717) is 29.2 Å². The molecular weight excluding hydrogens is 383 g/mol. The molecule has 1 atom stereocenters. The van der Waals surface area contributed by atoms with Gasteiger partial charge >= 0.3 is 6.36 Å². The molecule has 0 amide bonds. The minimum Gasteiger partial charge on any atom is -0.406 e. The monoisotopic (exact) mass is 401 g/mol. The number of aliphatic hydroxyl groups is 2. The van der Waals surface area contributed by atoms with Gasteiger partial charge in [0.25, 0.3) is 0 Å². The molecule has 1 unspecified atom stereocenters. The van der Waals surface area contributed by atoms with Crippen molar-refractivity contribution in [2.75, 3.05) is 26.7 Å². The summed E-state index contributed by atoms with van der Waals surface area (Å²) in [5, 5.41) is 22.3. The van der Waals surface area contributed by atoms with Crippen molar-refractivity contribution in [3.05, 3.63) is 64.7 Å². The highest BCUT2D eigenvalue weighted by atomic mass is 35.5. The summed E-state index contributed by atoms with van der Waals surface area (Å²) in [4.78, 5) is 1.94. The Bertz CT molecular complexity index is 807. The molecule has 0 bridgehead atoms. The third-order valence-electron chi connectivity index (χ3n) is 4.96. The van der Waals surface area contributed by atoms with Crippen LogP contribution in [0.4, 0.5) is 13.2 Å². The lowest BCUT2D eigenvalue weighted by molar-refractivity contribution is -0.274. The van der Waals surface area contributed by atoms with E-state index in [1.54, 1.807) is 24.3 Å². The number of benzene rings is 2. The van der Waals surface area contributed by atoms with E-state index in [-0.39, 0.29) is 12.4 Å². The molecule has 3 rings (SSSR count). The van der Waals surface area contributed by atoms with Gasteiger partial charge in [-0.05, 0) is 42.4 Å². The van der Waals surface area contributed by atoms with E-state index in [0.717, 1.165) is 12.1 Å². The van der Waals surface area contributed by atoms with Crippen LogP contribution in [0.15, 0.2) is 48.5 Å². The third-order valence-corrected chi connectivity index (χ3v) is 5.20. The maximum atomic E-state index is 12.4. The van der Waals surface area contributed by atoms with E-state index in [9.17, 15) is 23.4 Å². The Morgan fingerprint density at radius 1 is 1.11 bits per heavy atom. The van der Waals surface area contributed by atoms with E-state index < -0.39 is 17.4 Å². The molecule has 2 aromatic rings. The zero-order valence-electron chi connectivity index (χ0n) is 14.5. The molecule has 1 aliphatic heterocycles. The Hall–Kier alpha value is -1.80. The Morgan fingerprint density at radius 3 is 2.22 bits per heavy atom. The summed E-state index contributed by atoms with van der Waals surface area (Å²) in [5.41, 5.74) is -1.75. The maximum Gasteiger partial charge on any atom is 0.573 e. The SMILES string of the molecule is CN1CC(CO)(C(O)(c2ccc(OC(F)(F)F)cc2)c2cccc(Cl)c2)C1. The molecule has 1 fully saturated rings. The Kier molecular flexibility index (Phi) is 5.16. The highest BCUT2D eigenvalue weighted by molar-refractivity contribution is 6.30. The van der Waals surface area contributed by atoms with Gasteiger partial charge in [0.1, 0.15) is 11.4 Å². The first kappa shape index (κ1) is 19.9. The summed E-state index contributed by atoms with van der Waals surface area (Å²) in [6.07, 6.45) is -4.80. The van der Waals surface area contributed by atoms with Crippen LogP contribution < -0.4 is 4.74 Å². The molecule has 8 heteroatoms. The molecule has 0 aliphatic carbocycles. The quantitative estimate of drug-likeness (QED) is 0.806. The molecule has 0 saturated carbocycles. The third kappa shape index (κ3) is 3.65. The minimum atomic E-state index is -4.80. The molecule has 4 nitrogen and oxygen atoms in total. The molecule has 1 heterocycles. The van der Waals surface area contributed by atoms with Crippen LogP contribution in [0.25, 0.3) is 0 Å². The number of ether oxygens (including phenoxy) is 1. The zero-order valence-corrected chi connectivity index (χ0v) is 15.3. The van der Waals surface area contributed by atoms with Gasteiger partial charge < -0.3 is 19.8 Å². The van der Waals surface area contributed by atoms with E-state index in [1.165, 1.54) is 12.1 Å². The predicted octanol–water partition coefficient (Wildman–Crippen LogP) is 3.40. The standard InChI is InChI=1S/C19H19ClF3NO3/c1-24-10-17(11-24,12-25)18(26,14-3-2-4-15(20)9-14)13-5-7-16(8-6-13)27-19(21,22)23/h2-9,25-26H,10-12H2,1H3. The lowest BCUT2D eigenvalue weighted by Gasteiger charge is -2.56. The van der Waals surface area contributed by atoms with Crippen molar-refractivity contribution in [1.29, 1.82) is 0 Å². The van der Waals surface area contributed by atoms with Crippen LogP contribution in [0.5, 0.6) is 5.75 Å². The van der Waals surface area contributed by atoms with Gasteiger partial charge in [0.15, 0.2) is 0 Å². The molecule has 1 saturated heterocycles. The normalized spacial score (nSPS) is 19.2. The van der Waals surface area contributed by atoms with Crippen molar-refractivity contribution < 1.29 is 28.1 Å². The average molecular weight is 402 g/mol. The van der Waals surface area contributed by atoms with Gasteiger partial charge in [-0.2, -0.15) is 0 Å². The topological polar surface area (TPSA) is 52.9 Å². The van der Waals surface area contributed by atoms with Crippen LogP contribution in [0.3, 0.4) is 0 Å². The van der Waals surface area contributed by atoms with Gasteiger partial charge in [-0.15, -0.1) is 13.2 Å². The Balaban J connectivity index is 2.08. The molecule has 1 aliphatic rings. The smallest absolute Gasteiger partial charge is 0.406 e. The molecule has 2 aromatic carbocycles. The van der Waals surface area contributed by atoms with Crippen molar-refractivity contribution in [2.45, 2.75) is 12.0 Å². The van der Waals surface area contributed by atoms with Crippen LogP contribution >= 0.6 is 11.6 Å². The van der Waals surface area contributed by atoms with Gasteiger partial charge in [0.05, 0.1) is 12.0 Å². The second kappa shape index (κ2) is 6.98. The van der Waals surface area contributed by atoms with E-state index in [1.807, 2.05) is 11.9 Å². The number of alkyl halides is 3. The zero-order chi connectivity index (χ0) is 19.9. The van der Waals surface area contributed by atoms with Crippen molar-refractivity contribution in [3.8, 4) is 5.75 Å². The highest BCUT2D eigenvalue weighted by Crippen LogP contribution is 2.50. The van der Waals surface area contributed by atoms with E-state index >= 15 is 0 Å². The number of hydrogen-bond donors (Lipinski definition) is 2. The summed E-state index contributed by atoms with van der Waals surface area (Å²) >= 11 is 6.09. The van der Waals surface area contributed by atoms with Gasteiger partial charge in [-0.25, -0.2) is 0 Å². The van der Waals surface area contributed by atoms with Crippen molar-refractivity contribution in [1.82, 2.24) is 4.90 Å². The molecule has 0 radical (unpaired) electrons. The molecule has 146 valence electrons. The molecular formula is C19H19ClF3NO3. The molecule has 2 N–H and O–H groups in total. The summed E-state index contributed by atoms with van der Waals surface area (Å²) < 4.78 is 41.1. The van der Waals surface area contributed by atoms with Crippen LogP contribution in [-0.4, -0.2) is 48.2 Å². The average Bonchev–Trinajstić information content (AvgIpc) is 2.57. The minimum absolute atomic E-state index is 0.304. The Morgan fingerprint density at radius 2 is 1.74 bits per heavy atom. The van der Waals surface area contributed by atoms with E-state index in [4.69, 9.17) is 11.6 Å². The molecule has 0 aromatic heterocycles. The molecule has 0 spiro atoms. The summed E-state index contributed by atoms with van der Waals surface area (Å²) in [6, 6.07) is 11.6. The number of likely N-dealkylation sites (tertiary alicyclic amines) is 1. The number of nitrogens with zero attached hydrogens (tertiary/aromatic N) is 1. The first-order chi connectivity index (χ1) is 12.6. The van der Waals surface area contributed by atoms with Crippen LogP contribution in [0.1, 0.15) is 11.1 Å². The first-order valence-electron chi connectivity index (χ1n) is 8.24. The fourth-order valence-electron chi connectivity index (χ4n) is 3.82. The van der Waals surface area contributed by atoms with Crippen LogP contribution in [-0.2, 0) is 5.60 Å². The van der Waals surface area contributed by atoms with Crippen molar-refractivity contribution in [3.63, 3.8) is 0 Å². The number of hydrogen-bond acceptors (Lipinski definition) is 4. The maximum absolute atomic E-state index is 12.4. The second-order valence-corrected chi connectivity index (χ2v) is 7.34. The van der Waals surface area contributed by atoms with Crippen LogP contribution in [0.2, 0.25) is 5.02 Å². The highest BCUT2D eigenvalue weighted by Gasteiger charge is 2.58. The number of aliphatic hydroxyl groups excluding tert-OH is 1. The van der Waals surface area contributed by atoms with Gasteiger partial charge in [-0.3, -0.25) is 0 Å². The lowest BCUT2D eigenvalue weighted by Crippen LogP contribution is -2.67. The van der Waals surface area contributed by atoms with Crippen molar-refractivity contribution >= 4 is 11.6 Å². The predicted molar refractivity (Wildman–Crippen MR) is 94.6 cm³/mol.